The zero-order chi connectivity index (χ0) is 24.5. The average molecular weight is 460 g/mol. The van der Waals surface area contributed by atoms with Crippen LogP contribution in [0.2, 0.25) is 0 Å². The van der Waals surface area contributed by atoms with E-state index in [4.69, 9.17) is 4.74 Å². The monoisotopic (exact) mass is 460 g/mol. The topological polar surface area (TPSA) is 116 Å². The van der Waals surface area contributed by atoms with Crippen molar-refractivity contribution in [1.82, 2.24) is 0 Å². The number of non-ortho nitro benzene ring substituents is 1. The van der Waals surface area contributed by atoms with E-state index in [1.807, 2.05) is 19.1 Å². The van der Waals surface area contributed by atoms with Crippen molar-refractivity contribution in [2.24, 2.45) is 0 Å². The van der Waals surface area contributed by atoms with Crippen molar-refractivity contribution in [2.45, 2.75) is 32.3 Å². The van der Waals surface area contributed by atoms with E-state index in [0.717, 1.165) is 12.0 Å². The molecular formula is C26H24N2O6. The smallest absolute Gasteiger partial charge is 0.307 e. The van der Waals surface area contributed by atoms with E-state index >= 15 is 0 Å². The molecule has 174 valence electrons. The maximum absolute atomic E-state index is 13.0. The Hall–Kier alpha value is -4.33. The van der Waals surface area contributed by atoms with Gasteiger partial charge in [0.1, 0.15) is 0 Å². The summed E-state index contributed by atoms with van der Waals surface area (Å²) in [6.45, 7) is 2.03. The molecule has 0 saturated heterocycles. The predicted molar refractivity (Wildman–Crippen MR) is 126 cm³/mol. The lowest BCUT2D eigenvalue weighted by Gasteiger charge is -2.17. The standard InChI is InChI=1S/C26H24N2O6/c1-2-18-8-12-21(13-9-18)27-23(29)16-17-24(30)34-26(25(31)19-6-4-3-5-7-19)20-10-14-22(15-11-20)28(32)33/h3-15,26H,2,16-17H2,1H3,(H,27,29)/t26-/m0/s1. The second-order valence-electron chi connectivity index (χ2n) is 7.55. The molecule has 8 heteroatoms. The second-order valence-corrected chi connectivity index (χ2v) is 7.55. The Balaban J connectivity index is 1.67. The van der Waals surface area contributed by atoms with Gasteiger partial charge in [0.25, 0.3) is 5.69 Å². The third-order valence-electron chi connectivity index (χ3n) is 5.15. The number of ketones is 1. The lowest BCUT2D eigenvalue weighted by Crippen LogP contribution is -2.21. The molecule has 0 heterocycles. The molecule has 0 fully saturated rings. The molecule has 1 N–H and O–H groups in total. The predicted octanol–water partition coefficient (Wildman–Crippen LogP) is 5.04. The molecule has 3 aromatic carbocycles. The summed E-state index contributed by atoms with van der Waals surface area (Å²) in [7, 11) is 0. The van der Waals surface area contributed by atoms with Gasteiger partial charge < -0.3 is 10.1 Å². The lowest BCUT2D eigenvalue weighted by atomic mass is 9.99. The Morgan fingerprint density at radius 2 is 1.56 bits per heavy atom. The minimum absolute atomic E-state index is 0.124. The summed E-state index contributed by atoms with van der Waals surface area (Å²) in [5.41, 5.74) is 2.24. The summed E-state index contributed by atoms with van der Waals surface area (Å²) in [5, 5.41) is 13.7. The van der Waals surface area contributed by atoms with E-state index in [2.05, 4.69) is 5.32 Å². The van der Waals surface area contributed by atoms with E-state index in [1.165, 1.54) is 24.3 Å². The first-order valence-electron chi connectivity index (χ1n) is 10.8. The van der Waals surface area contributed by atoms with E-state index in [-0.39, 0.29) is 24.4 Å². The van der Waals surface area contributed by atoms with Crippen LogP contribution in [-0.4, -0.2) is 22.6 Å². The molecule has 3 aromatic rings. The minimum Gasteiger partial charge on any atom is -0.449 e. The van der Waals surface area contributed by atoms with Crippen molar-refractivity contribution in [1.29, 1.82) is 0 Å². The van der Waals surface area contributed by atoms with Gasteiger partial charge >= 0.3 is 5.97 Å². The molecular weight excluding hydrogens is 436 g/mol. The number of esters is 1. The van der Waals surface area contributed by atoms with Crippen molar-refractivity contribution in [2.75, 3.05) is 5.32 Å². The fraction of sp³-hybridized carbons (Fsp3) is 0.192. The summed E-state index contributed by atoms with van der Waals surface area (Å²) < 4.78 is 5.45. The number of carbonyl (C=O) groups is 3. The van der Waals surface area contributed by atoms with Crippen LogP contribution in [0.25, 0.3) is 0 Å². The van der Waals surface area contributed by atoms with Crippen LogP contribution in [0, 0.1) is 10.1 Å². The maximum atomic E-state index is 13.0. The third kappa shape index (κ3) is 6.59. The highest BCUT2D eigenvalue weighted by molar-refractivity contribution is 6.01. The van der Waals surface area contributed by atoms with E-state index in [0.29, 0.717) is 16.8 Å². The van der Waals surface area contributed by atoms with Gasteiger partial charge in [0.05, 0.1) is 11.3 Å². The Kier molecular flexibility index (Phi) is 8.23. The molecule has 1 amide bonds. The van der Waals surface area contributed by atoms with E-state index < -0.39 is 22.8 Å². The Bertz CT molecular complexity index is 1160. The molecule has 34 heavy (non-hydrogen) atoms. The van der Waals surface area contributed by atoms with Crippen LogP contribution >= 0.6 is 0 Å². The van der Waals surface area contributed by atoms with Crippen LogP contribution < -0.4 is 5.32 Å². The van der Waals surface area contributed by atoms with Crippen molar-refractivity contribution < 1.29 is 24.0 Å². The van der Waals surface area contributed by atoms with E-state index in [9.17, 15) is 24.5 Å². The van der Waals surface area contributed by atoms with Gasteiger partial charge in [0, 0.05) is 35.4 Å². The lowest BCUT2D eigenvalue weighted by molar-refractivity contribution is -0.384. The first kappa shape index (κ1) is 24.3. The molecule has 0 saturated carbocycles. The number of nitro groups is 1. The van der Waals surface area contributed by atoms with Crippen LogP contribution in [0.3, 0.4) is 0 Å². The Morgan fingerprint density at radius 1 is 0.912 bits per heavy atom. The van der Waals surface area contributed by atoms with Crippen LogP contribution in [0.15, 0.2) is 78.9 Å². The molecule has 0 spiro atoms. The second kappa shape index (κ2) is 11.5. The molecule has 0 bridgehead atoms. The van der Waals surface area contributed by atoms with Gasteiger partial charge in [-0.2, -0.15) is 0 Å². The number of aryl methyl sites for hydroxylation is 1. The van der Waals surface area contributed by atoms with Gasteiger partial charge in [-0.1, -0.05) is 49.4 Å². The quantitative estimate of drug-likeness (QED) is 0.196. The number of hydrogen-bond donors (Lipinski definition) is 1. The highest BCUT2D eigenvalue weighted by atomic mass is 16.6. The van der Waals surface area contributed by atoms with Crippen LogP contribution in [0.1, 0.15) is 47.4 Å². The fourth-order valence-electron chi connectivity index (χ4n) is 3.25. The van der Waals surface area contributed by atoms with Crippen LogP contribution in [-0.2, 0) is 20.7 Å². The number of benzene rings is 3. The average Bonchev–Trinajstić information content (AvgIpc) is 2.86. The molecule has 3 rings (SSSR count). The summed E-state index contributed by atoms with van der Waals surface area (Å²) in [5.74, 6) is -1.56. The molecule has 0 aliphatic rings. The Labute approximate surface area is 196 Å². The normalized spacial score (nSPS) is 11.3. The van der Waals surface area contributed by atoms with Gasteiger partial charge in [-0.15, -0.1) is 0 Å². The minimum atomic E-state index is -1.29. The van der Waals surface area contributed by atoms with Gasteiger partial charge in [0.2, 0.25) is 11.7 Å². The van der Waals surface area contributed by atoms with E-state index in [1.54, 1.807) is 42.5 Å². The third-order valence-corrected chi connectivity index (χ3v) is 5.15. The van der Waals surface area contributed by atoms with Gasteiger partial charge in [-0.05, 0) is 36.2 Å². The summed E-state index contributed by atoms with van der Waals surface area (Å²) in [6, 6.07) is 20.9. The number of anilines is 1. The summed E-state index contributed by atoms with van der Waals surface area (Å²) in [4.78, 5) is 48.2. The number of ether oxygens (including phenoxy) is 1. The highest BCUT2D eigenvalue weighted by Gasteiger charge is 2.27. The number of rotatable bonds is 10. The largest absolute Gasteiger partial charge is 0.449 e. The van der Waals surface area contributed by atoms with Gasteiger partial charge in [-0.3, -0.25) is 24.5 Å². The number of hydrogen-bond acceptors (Lipinski definition) is 6. The molecule has 0 unspecified atom stereocenters. The number of nitro benzene ring substituents is 1. The van der Waals surface area contributed by atoms with Gasteiger partial charge in [-0.25, -0.2) is 0 Å². The Morgan fingerprint density at radius 3 is 2.15 bits per heavy atom. The number of amides is 1. The highest BCUT2D eigenvalue weighted by Crippen LogP contribution is 2.25. The molecule has 0 aromatic heterocycles. The number of carbonyl (C=O) groups excluding carboxylic acids is 3. The van der Waals surface area contributed by atoms with Crippen molar-refractivity contribution >= 4 is 29.0 Å². The van der Waals surface area contributed by atoms with Crippen molar-refractivity contribution in [3.05, 3.63) is 106 Å². The summed E-state index contributed by atoms with van der Waals surface area (Å²) in [6.07, 6.45) is -0.761. The molecule has 1 atom stereocenters. The summed E-state index contributed by atoms with van der Waals surface area (Å²) >= 11 is 0. The zero-order valence-corrected chi connectivity index (χ0v) is 18.6. The first-order valence-corrected chi connectivity index (χ1v) is 10.8. The molecule has 0 aliphatic heterocycles. The SMILES string of the molecule is CCc1ccc(NC(=O)CCC(=O)O[C@H](C(=O)c2ccccc2)c2ccc([N+](=O)[O-])cc2)cc1. The maximum Gasteiger partial charge on any atom is 0.307 e. The van der Waals surface area contributed by atoms with Gasteiger partial charge in [0.15, 0.2) is 6.10 Å². The van der Waals surface area contributed by atoms with Crippen molar-refractivity contribution in [3.8, 4) is 0 Å². The van der Waals surface area contributed by atoms with Crippen LogP contribution in [0.4, 0.5) is 11.4 Å². The molecule has 8 nitrogen and oxygen atoms in total. The van der Waals surface area contributed by atoms with Crippen molar-refractivity contribution in [3.63, 3.8) is 0 Å². The molecule has 0 radical (unpaired) electrons. The molecule has 0 aliphatic carbocycles. The zero-order valence-electron chi connectivity index (χ0n) is 18.6. The number of nitrogens with zero attached hydrogens (tertiary/aromatic N) is 1. The number of nitrogens with one attached hydrogen (secondary N) is 1. The van der Waals surface area contributed by atoms with Crippen LogP contribution in [0.5, 0.6) is 0 Å². The fourth-order valence-corrected chi connectivity index (χ4v) is 3.25. The first-order chi connectivity index (χ1) is 16.4. The number of Topliss-reactive ketones (excluding diaryl/α,β-unsaturated/α-hetero) is 1.